The summed E-state index contributed by atoms with van der Waals surface area (Å²) in [4.78, 5) is 28.8. The molecule has 1 heterocycles. The molecule has 148 valence electrons. The molecule has 0 spiro atoms. The molecule has 1 fully saturated rings. The minimum atomic E-state index is -0.420. The Kier molecular flexibility index (Phi) is 3.66. The van der Waals surface area contributed by atoms with E-state index in [0.717, 1.165) is 22.3 Å². The van der Waals surface area contributed by atoms with E-state index in [1.54, 1.807) is 18.2 Å². The molecule has 1 saturated heterocycles. The highest BCUT2D eigenvalue weighted by atomic mass is 35.5. The number of hydrogen-bond acceptors (Lipinski definition) is 3. The Morgan fingerprint density at radius 2 is 1.23 bits per heavy atom. The van der Waals surface area contributed by atoms with Crippen molar-refractivity contribution in [3.63, 3.8) is 0 Å². The molecule has 2 unspecified atom stereocenters. The van der Waals surface area contributed by atoms with Crippen LogP contribution in [-0.2, 0) is 9.59 Å². The number of hydrogen-bond donors (Lipinski definition) is 0. The summed E-state index contributed by atoms with van der Waals surface area (Å²) in [6.07, 6.45) is 0. The molecule has 3 aliphatic carbocycles. The van der Waals surface area contributed by atoms with Crippen LogP contribution in [0.1, 0.15) is 34.1 Å². The van der Waals surface area contributed by atoms with Gasteiger partial charge in [0.05, 0.1) is 24.6 Å². The van der Waals surface area contributed by atoms with Crippen LogP contribution in [0.15, 0.2) is 66.7 Å². The van der Waals surface area contributed by atoms with Crippen molar-refractivity contribution in [2.75, 3.05) is 12.0 Å². The molecule has 2 atom stereocenters. The fraction of sp³-hybridized carbons (Fsp3) is 0.200. The highest BCUT2D eigenvalue weighted by Crippen LogP contribution is 2.61. The fourth-order valence-corrected chi connectivity index (χ4v) is 5.92. The summed E-state index contributed by atoms with van der Waals surface area (Å²) in [5, 5.41) is 0.454. The average molecular weight is 416 g/mol. The maximum absolute atomic E-state index is 13.7. The number of carbonyl (C=O) groups excluding carboxylic acids is 2. The number of benzene rings is 3. The SMILES string of the molecule is COc1ccc(Cl)cc1N1C(=O)C2C3c4ccccc4C(c4ccccc43)C2C1=O. The zero-order valence-electron chi connectivity index (χ0n) is 16.2. The second-order valence-corrected chi connectivity index (χ2v) is 8.53. The number of carbonyl (C=O) groups is 2. The number of halogens is 1. The molecule has 3 aromatic rings. The van der Waals surface area contributed by atoms with Crippen LogP contribution in [0.3, 0.4) is 0 Å². The van der Waals surface area contributed by atoms with E-state index in [4.69, 9.17) is 16.3 Å². The number of amides is 2. The topological polar surface area (TPSA) is 46.6 Å². The lowest BCUT2D eigenvalue weighted by Crippen LogP contribution is -2.41. The van der Waals surface area contributed by atoms with Gasteiger partial charge in [-0.15, -0.1) is 0 Å². The van der Waals surface area contributed by atoms with E-state index in [1.165, 1.54) is 12.0 Å². The summed E-state index contributed by atoms with van der Waals surface area (Å²) >= 11 is 6.21. The maximum Gasteiger partial charge on any atom is 0.238 e. The molecule has 0 saturated carbocycles. The van der Waals surface area contributed by atoms with Gasteiger partial charge in [-0.3, -0.25) is 9.59 Å². The van der Waals surface area contributed by atoms with Gasteiger partial charge in [0.1, 0.15) is 5.75 Å². The van der Waals surface area contributed by atoms with Gasteiger partial charge in [-0.1, -0.05) is 60.1 Å². The summed E-state index contributed by atoms with van der Waals surface area (Å²) in [5.41, 5.74) is 5.04. The third-order valence-electron chi connectivity index (χ3n) is 6.83. The summed E-state index contributed by atoms with van der Waals surface area (Å²) in [7, 11) is 1.53. The van der Waals surface area contributed by atoms with Gasteiger partial charge in [0, 0.05) is 16.9 Å². The summed E-state index contributed by atoms with van der Waals surface area (Å²) < 4.78 is 5.45. The highest BCUT2D eigenvalue weighted by molar-refractivity contribution is 6.31. The van der Waals surface area contributed by atoms with E-state index >= 15 is 0 Å². The Morgan fingerprint density at radius 3 is 1.67 bits per heavy atom. The molecule has 2 bridgehead atoms. The standard InChI is InChI=1S/C25H18ClNO3/c1-30-19-11-10-13(26)12-18(19)27-24(28)22-20-14-6-2-3-7-15(14)21(23(22)25(27)29)17-9-5-4-8-16(17)20/h2-12,20-23H,1H3. The Labute approximate surface area is 179 Å². The van der Waals surface area contributed by atoms with Gasteiger partial charge in [0.25, 0.3) is 0 Å². The molecular weight excluding hydrogens is 398 g/mol. The Bertz CT molecular complexity index is 1120. The maximum atomic E-state index is 13.7. The molecule has 7 rings (SSSR count). The number of rotatable bonds is 2. The normalized spacial score (nSPS) is 25.7. The van der Waals surface area contributed by atoms with Gasteiger partial charge in [0.2, 0.25) is 11.8 Å². The van der Waals surface area contributed by atoms with Crippen molar-refractivity contribution in [2.45, 2.75) is 11.8 Å². The molecule has 4 nitrogen and oxygen atoms in total. The third kappa shape index (κ3) is 2.12. The van der Waals surface area contributed by atoms with Crippen molar-refractivity contribution in [3.05, 3.63) is 94.0 Å². The second-order valence-electron chi connectivity index (χ2n) is 8.09. The van der Waals surface area contributed by atoms with Crippen LogP contribution < -0.4 is 9.64 Å². The monoisotopic (exact) mass is 415 g/mol. The van der Waals surface area contributed by atoms with Crippen molar-refractivity contribution < 1.29 is 14.3 Å². The van der Waals surface area contributed by atoms with Crippen molar-refractivity contribution in [1.82, 2.24) is 0 Å². The van der Waals surface area contributed by atoms with Crippen molar-refractivity contribution in [2.24, 2.45) is 11.8 Å². The molecular formula is C25H18ClNO3. The van der Waals surface area contributed by atoms with Crippen LogP contribution in [0, 0.1) is 11.8 Å². The first-order valence-electron chi connectivity index (χ1n) is 10.0. The molecule has 5 heteroatoms. The minimum absolute atomic E-state index is 0.126. The zero-order valence-corrected chi connectivity index (χ0v) is 17.0. The van der Waals surface area contributed by atoms with Crippen LogP contribution in [0.2, 0.25) is 5.02 Å². The molecule has 0 radical (unpaired) electrons. The molecule has 2 amide bonds. The Hall–Kier alpha value is -3.11. The van der Waals surface area contributed by atoms with Crippen molar-refractivity contribution in [3.8, 4) is 5.75 Å². The fourth-order valence-electron chi connectivity index (χ4n) is 5.75. The number of anilines is 1. The van der Waals surface area contributed by atoms with Crippen LogP contribution in [0.25, 0.3) is 0 Å². The van der Waals surface area contributed by atoms with Gasteiger partial charge >= 0.3 is 0 Å². The Balaban J connectivity index is 1.57. The van der Waals surface area contributed by atoms with Crippen LogP contribution in [0.4, 0.5) is 5.69 Å². The number of ether oxygens (including phenoxy) is 1. The Morgan fingerprint density at radius 1 is 0.767 bits per heavy atom. The number of methoxy groups -OCH3 is 1. The van der Waals surface area contributed by atoms with Gasteiger partial charge in [-0.05, 0) is 40.5 Å². The molecule has 0 aromatic heterocycles. The molecule has 4 aliphatic rings. The minimum Gasteiger partial charge on any atom is -0.495 e. The van der Waals surface area contributed by atoms with E-state index in [-0.39, 0.29) is 23.7 Å². The number of nitrogens with zero attached hydrogens (tertiary/aromatic N) is 1. The summed E-state index contributed by atoms with van der Waals surface area (Å²) in [6, 6.07) is 21.4. The molecule has 30 heavy (non-hydrogen) atoms. The van der Waals surface area contributed by atoms with Gasteiger partial charge in [0.15, 0.2) is 0 Å². The van der Waals surface area contributed by atoms with Crippen LogP contribution in [-0.4, -0.2) is 18.9 Å². The first-order valence-corrected chi connectivity index (χ1v) is 10.4. The highest BCUT2D eigenvalue weighted by Gasteiger charge is 2.62. The van der Waals surface area contributed by atoms with E-state index < -0.39 is 11.8 Å². The molecule has 3 aromatic carbocycles. The first-order chi connectivity index (χ1) is 14.6. The van der Waals surface area contributed by atoms with E-state index in [1.807, 2.05) is 24.3 Å². The lowest BCUT2D eigenvalue weighted by molar-refractivity contribution is -0.122. The van der Waals surface area contributed by atoms with Gasteiger partial charge in [-0.25, -0.2) is 4.90 Å². The van der Waals surface area contributed by atoms with E-state index in [9.17, 15) is 9.59 Å². The quantitative estimate of drug-likeness (QED) is 0.568. The zero-order chi connectivity index (χ0) is 20.6. The van der Waals surface area contributed by atoms with Crippen molar-refractivity contribution in [1.29, 1.82) is 0 Å². The lowest BCUT2D eigenvalue weighted by Gasteiger charge is -2.45. The van der Waals surface area contributed by atoms with Crippen LogP contribution >= 0.6 is 11.6 Å². The van der Waals surface area contributed by atoms with E-state index in [2.05, 4.69) is 24.3 Å². The molecule has 0 N–H and O–H groups in total. The third-order valence-corrected chi connectivity index (χ3v) is 7.07. The van der Waals surface area contributed by atoms with Gasteiger partial charge in [-0.2, -0.15) is 0 Å². The summed E-state index contributed by atoms with van der Waals surface area (Å²) in [5.74, 6) is -0.985. The smallest absolute Gasteiger partial charge is 0.238 e. The predicted octanol–water partition coefficient (Wildman–Crippen LogP) is 4.75. The number of imide groups is 1. The second kappa shape index (κ2) is 6.19. The van der Waals surface area contributed by atoms with Gasteiger partial charge < -0.3 is 4.74 Å². The predicted molar refractivity (Wildman–Crippen MR) is 114 cm³/mol. The van der Waals surface area contributed by atoms with E-state index in [0.29, 0.717) is 16.5 Å². The average Bonchev–Trinajstić information content (AvgIpc) is 3.04. The first kappa shape index (κ1) is 17.7. The summed E-state index contributed by atoms with van der Waals surface area (Å²) in [6.45, 7) is 0. The molecule has 1 aliphatic heterocycles. The lowest BCUT2D eigenvalue weighted by atomic mass is 9.55. The van der Waals surface area contributed by atoms with Crippen molar-refractivity contribution >= 4 is 29.1 Å². The largest absolute Gasteiger partial charge is 0.495 e. The van der Waals surface area contributed by atoms with Crippen LogP contribution in [0.5, 0.6) is 5.75 Å².